The number of nitrogens with one attached hydrogen (secondary N) is 3. The van der Waals surface area contributed by atoms with E-state index in [1.54, 1.807) is 11.3 Å². The Labute approximate surface area is 266 Å². The van der Waals surface area contributed by atoms with Gasteiger partial charge >= 0.3 is 0 Å². The van der Waals surface area contributed by atoms with Crippen molar-refractivity contribution < 1.29 is 14.3 Å². The van der Waals surface area contributed by atoms with E-state index in [9.17, 15) is 9.59 Å². The lowest BCUT2D eigenvalue weighted by atomic mass is 9.80. The molecule has 240 valence electrons. The Balaban J connectivity index is 1.32. The number of amides is 2. The van der Waals surface area contributed by atoms with Gasteiger partial charge in [-0.1, -0.05) is 64.1 Å². The highest BCUT2D eigenvalue weighted by atomic mass is 32.1. The van der Waals surface area contributed by atoms with Crippen LogP contribution in [-0.2, 0) is 20.9 Å². The Bertz CT molecular complexity index is 1240. The largest absolute Gasteiger partial charge is 0.455 e. The summed E-state index contributed by atoms with van der Waals surface area (Å²) in [7, 11) is 0. The number of thiophene rings is 1. The monoisotopic (exact) mass is 622 g/mol. The molecule has 9 nitrogen and oxygen atoms in total. The van der Waals surface area contributed by atoms with Crippen LogP contribution in [0.15, 0.2) is 52.8 Å². The van der Waals surface area contributed by atoms with Crippen LogP contribution in [-0.4, -0.2) is 83.5 Å². The highest BCUT2D eigenvalue weighted by Crippen LogP contribution is 2.32. The molecular weight excluding hydrogens is 572 g/mol. The molecule has 0 bridgehead atoms. The van der Waals surface area contributed by atoms with E-state index in [1.807, 2.05) is 45.5 Å². The van der Waals surface area contributed by atoms with Gasteiger partial charge in [0.15, 0.2) is 0 Å². The number of hydrogen-bond donors (Lipinski definition) is 3. The SMILES string of the molecule is CC(C)NC1CCC([C@@H](NC(C)C)C(=O)N2CCN(C3=N[C@@H](C)[C@H](c4ccccc4)O3)C[C@H]2C(=O)NCc2cccs2)CC1. The van der Waals surface area contributed by atoms with Gasteiger partial charge in [-0.05, 0) is 55.5 Å². The number of rotatable bonds is 10. The van der Waals surface area contributed by atoms with Crippen molar-refractivity contribution in [2.24, 2.45) is 10.9 Å². The van der Waals surface area contributed by atoms with Crippen molar-refractivity contribution >= 4 is 29.2 Å². The Morgan fingerprint density at radius 1 is 1.00 bits per heavy atom. The molecule has 2 aromatic rings. The Kier molecular flexibility index (Phi) is 11.0. The van der Waals surface area contributed by atoms with Crippen molar-refractivity contribution in [1.29, 1.82) is 0 Å². The van der Waals surface area contributed by atoms with Gasteiger partial charge in [0, 0.05) is 36.1 Å². The smallest absolute Gasteiger partial charge is 0.288 e. The molecule has 2 amide bonds. The quantitative estimate of drug-likeness (QED) is 0.365. The number of carbonyl (C=O) groups is 2. The molecule has 2 fully saturated rings. The highest BCUT2D eigenvalue weighted by molar-refractivity contribution is 7.09. The molecule has 2 aliphatic heterocycles. The van der Waals surface area contributed by atoms with Crippen molar-refractivity contribution in [3.05, 3.63) is 58.3 Å². The van der Waals surface area contributed by atoms with Crippen molar-refractivity contribution in [2.45, 2.75) is 109 Å². The summed E-state index contributed by atoms with van der Waals surface area (Å²) >= 11 is 1.61. The van der Waals surface area contributed by atoms with Gasteiger partial charge in [-0.2, -0.15) is 0 Å². The van der Waals surface area contributed by atoms with E-state index in [1.165, 1.54) is 0 Å². The van der Waals surface area contributed by atoms with Crippen LogP contribution in [0.2, 0.25) is 0 Å². The summed E-state index contributed by atoms with van der Waals surface area (Å²) in [6.07, 6.45) is 3.92. The summed E-state index contributed by atoms with van der Waals surface area (Å²) in [5, 5.41) is 12.4. The van der Waals surface area contributed by atoms with E-state index >= 15 is 0 Å². The van der Waals surface area contributed by atoms with Crippen LogP contribution in [0.1, 0.15) is 76.8 Å². The third-order valence-corrected chi connectivity index (χ3v) is 9.83. The summed E-state index contributed by atoms with van der Waals surface area (Å²) in [4.78, 5) is 38.1. The van der Waals surface area contributed by atoms with Gasteiger partial charge in [0.05, 0.1) is 25.2 Å². The minimum atomic E-state index is -0.649. The average Bonchev–Trinajstić information content (AvgIpc) is 3.68. The van der Waals surface area contributed by atoms with Crippen molar-refractivity contribution in [3.8, 4) is 0 Å². The first-order chi connectivity index (χ1) is 21.2. The van der Waals surface area contributed by atoms with Crippen LogP contribution in [0, 0.1) is 5.92 Å². The molecule has 3 aliphatic rings. The summed E-state index contributed by atoms with van der Waals surface area (Å²) < 4.78 is 6.40. The maximum Gasteiger partial charge on any atom is 0.288 e. The highest BCUT2D eigenvalue weighted by Gasteiger charge is 2.43. The van der Waals surface area contributed by atoms with Crippen LogP contribution < -0.4 is 16.0 Å². The zero-order valence-electron chi connectivity index (χ0n) is 26.9. The van der Waals surface area contributed by atoms with Crippen LogP contribution in [0.3, 0.4) is 0 Å². The fourth-order valence-electron chi connectivity index (χ4n) is 6.82. The maximum atomic E-state index is 14.4. The molecule has 1 aliphatic carbocycles. The molecule has 1 saturated carbocycles. The van der Waals surface area contributed by atoms with E-state index in [4.69, 9.17) is 9.73 Å². The second-order valence-corrected chi connectivity index (χ2v) is 14.2. The van der Waals surface area contributed by atoms with Gasteiger partial charge in [-0.3, -0.25) is 9.59 Å². The summed E-state index contributed by atoms with van der Waals surface area (Å²) in [6.45, 7) is 12.4. The number of piperazine rings is 1. The topological polar surface area (TPSA) is 98.3 Å². The zero-order chi connectivity index (χ0) is 31.2. The number of amidine groups is 1. The van der Waals surface area contributed by atoms with E-state index < -0.39 is 6.04 Å². The van der Waals surface area contributed by atoms with Gasteiger partial charge in [-0.15, -0.1) is 11.3 Å². The van der Waals surface area contributed by atoms with Gasteiger partial charge in [0.1, 0.15) is 12.1 Å². The second-order valence-electron chi connectivity index (χ2n) is 13.1. The lowest BCUT2D eigenvalue weighted by Gasteiger charge is -2.44. The van der Waals surface area contributed by atoms with Gasteiger partial charge in [-0.25, -0.2) is 4.99 Å². The van der Waals surface area contributed by atoms with Crippen LogP contribution in [0.4, 0.5) is 0 Å². The zero-order valence-corrected chi connectivity index (χ0v) is 27.7. The Morgan fingerprint density at radius 3 is 2.41 bits per heavy atom. The number of nitrogens with zero attached hydrogens (tertiary/aromatic N) is 3. The molecule has 1 saturated heterocycles. The van der Waals surface area contributed by atoms with Crippen LogP contribution >= 0.6 is 11.3 Å². The van der Waals surface area contributed by atoms with Gasteiger partial charge < -0.3 is 30.5 Å². The van der Waals surface area contributed by atoms with E-state index in [-0.39, 0.29) is 42.0 Å². The Hall–Kier alpha value is -2.95. The first kappa shape index (κ1) is 32.4. The van der Waals surface area contributed by atoms with E-state index in [0.717, 1.165) is 36.1 Å². The standard InChI is InChI=1S/C34H50N6O3S/c1-22(2)36-27-15-13-25(14-16-27)30(37-23(3)4)33(42)40-18-17-39(21-29(40)32(41)35-20-28-12-9-19-44-28)34-38-24(5)31(43-34)26-10-7-6-8-11-26/h6-12,19,22-25,27,29-31,36-37H,13-18,20-21H2,1-5H3,(H,35,41)/t24-,25?,27?,29-,30+,31+/m0/s1. The summed E-state index contributed by atoms with van der Waals surface area (Å²) in [6, 6.07) is 14.8. The number of hydrogen-bond acceptors (Lipinski definition) is 8. The lowest BCUT2D eigenvalue weighted by molar-refractivity contribution is -0.146. The molecule has 1 aromatic carbocycles. The lowest BCUT2D eigenvalue weighted by Crippen LogP contribution is -2.65. The summed E-state index contributed by atoms with van der Waals surface area (Å²) in [5.41, 5.74) is 1.08. The molecule has 0 spiro atoms. The number of carbonyl (C=O) groups excluding carboxylic acids is 2. The number of benzene rings is 1. The predicted octanol–water partition coefficient (Wildman–Crippen LogP) is 4.32. The molecule has 44 heavy (non-hydrogen) atoms. The minimum absolute atomic E-state index is 0.0275. The van der Waals surface area contributed by atoms with Crippen LogP contribution in [0.5, 0.6) is 0 Å². The average molecular weight is 623 g/mol. The molecule has 3 N–H and O–H groups in total. The second kappa shape index (κ2) is 14.9. The minimum Gasteiger partial charge on any atom is -0.455 e. The Morgan fingerprint density at radius 2 is 1.75 bits per heavy atom. The predicted molar refractivity (Wildman–Crippen MR) is 176 cm³/mol. The normalized spacial score (nSPS) is 26.4. The molecule has 0 unspecified atom stereocenters. The van der Waals surface area contributed by atoms with Crippen LogP contribution in [0.25, 0.3) is 0 Å². The van der Waals surface area contributed by atoms with E-state index in [0.29, 0.717) is 44.3 Å². The fourth-order valence-corrected chi connectivity index (χ4v) is 7.46. The van der Waals surface area contributed by atoms with Gasteiger partial charge in [0.2, 0.25) is 11.8 Å². The van der Waals surface area contributed by atoms with Crippen molar-refractivity contribution in [3.63, 3.8) is 0 Å². The fraction of sp³-hybridized carbons (Fsp3) is 0.618. The molecule has 3 heterocycles. The molecule has 10 heteroatoms. The van der Waals surface area contributed by atoms with Gasteiger partial charge in [0.25, 0.3) is 6.02 Å². The number of ether oxygens (including phenoxy) is 1. The molecule has 4 atom stereocenters. The molecule has 1 aromatic heterocycles. The summed E-state index contributed by atoms with van der Waals surface area (Å²) in [5.74, 6) is 0.119. The molecular formula is C34H50N6O3S. The third-order valence-electron chi connectivity index (χ3n) is 8.96. The maximum absolute atomic E-state index is 14.4. The first-order valence-electron chi connectivity index (χ1n) is 16.4. The third kappa shape index (κ3) is 8.00. The van der Waals surface area contributed by atoms with E-state index in [2.05, 4.69) is 62.7 Å². The molecule has 5 rings (SSSR count). The number of aliphatic imine (C=N–C) groups is 1. The van der Waals surface area contributed by atoms with Crippen molar-refractivity contribution in [2.75, 3.05) is 19.6 Å². The molecule has 0 radical (unpaired) electrons. The first-order valence-corrected chi connectivity index (χ1v) is 17.2. The van der Waals surface area contributed by atoms with Crippen molar-refractivity contribution in [1.82, 2.24) is 25.8 Å².